The average molecular weight is 285 g/mol. The molecule has 0 spiro atoms. The number of carbonyl (C=O) groups is 1. The van der Waals surface area contributed by atoms with E-state index in [1.807, 2.05) is 0 Å². The van der Waals surface area contributed by atoms with Gasteiger partial charge in [-0.05, 0) is 23.6 Å². The van der Waals surface area contributed by atoms with E-state index in [4.69, 9.17) is 14.4 Å². The van der Waals surface area contributed by atoms with E-state index in [1.54, 1.807) is 0 Å². The van der Waals surface area contributed by atoms with Gasteiger partial charge in [-0.3, -0.25) is 0 Å². The van der Waals surface area contributed by atoms with Gasteiger partial charge >= 0.3 is 14.0 Å². The molecule has 0 radical (unpaired) electrons. The number of esters is 1. The molecule has 0 bridgehead atoms. The van der Waals surface area contributed by atoms with Gasteiger partial charge in [-0.25, -0.2) is 4.79 Å². The van der Waals surface area contributed by atoms with Crippen molar-refractivity contribution in [1.29, 1.82) is 0 Å². The summed E-state index contributed by atoms with van der Waals surface area (Å²) < 4.78 is 21.4. The number of hydrogen-bond donors (Lipinski definition) is 2. The lowest BCUT2D eigenvalue weighted by Gasteiger charge is -2.00. The minimum Gasteiger partial charge on any atom is -0.504 e. The maximum Gasteiger partial charge on any atom is 0.548 e. The first-order chi connectivity index (χ1) is 8.91. The van der Waals surface area contributed by atoms with Crippen LogP contribution >= 0.6 is 8.03 Å². The normalized spacial score (nSPS) is 10.9. The summed E-state index contributed by atoms with van der Waals surface area (Å²) in [6.07, 6.45) is 0. The van der Waals surface area contributed by atoms with Crippen LogP contribution in [0.15, 0.2) is 30.4 Å². The van der Waals surface area contributed by atoms with Gasteiger partial charge in [0.25, 0.3) is 0 Å². The molecule has 6 nitrogen and oxygen atoms in total. The first-order valence-corrected chi connectivity index (χ1v) is 6.54. The first kappa shape index (κ1) is 15.1. The number of phenolic OH excluding ortho intramolecular Hbond substituents is 2. The number of rotatable bonds is 6. The molecule has 19 heavy (non-hydrogen) atoms. The first-order valence-electron chi connectivity index (χ1n) is 5.36. The van der Waals surface area contributed by atoms with Crippen molar-refractivity contribution in [3.8, 4) is 11.5 Å². The predicted molar refractivity (Wildman–Crippen MR) is 68.7 cm³/mol. The Morgan fingerprint density at radius 1 is 1.32 bits per heavy atom. The molecule has 0 aliphatic rings. The fourth-order valence-corrected chi connectivity index (χ4v) is 1.89. The van der Waals surface area contributed by atoms with Crippen LogP contribution in [0, 0.1) is 0 Å². The Kier molecular flexibility index (Phi) is 5.48. The predicted octanol–water partition coefficient (Wildman–Crippen LogP) is 1.60. The molecule has 1 atom stereocenters. The Bertz CT molecular complexity index is 511. The fourth-order valence-electron chi connectivity index (χ4n) is 1.08. The van der Waals surface area contributed by atoms with Crippen LogP contribution in [-0.4, -0.2) is 29.4 Å². The lowest BCUT2D eigenvalue weighted by atomic mass is 10.3. The van der Waals surface area contributed by atoms with E-state index in [-0.39, 0.29) is 35.6 Å². The molecule has 0 amide bonds. The number of phenols is 2. The smallest absolute Gasteiger partial charge is 0.504 e. The van der Waals surface area contributed by atoms with E-state index >= 15 is 0 Å². The van der Waals surface area contributed by atoms with Crippen LogP contribution in [0.4, 0.5) is 0 Å². The molecule has 0 fully saturated rings. The number of benzene rings is 1. The van der Waals surface area contributed by atoms with Crippen molar-refractivity contribution >= 4 is 19.3 Å². The number of hydrogen-bond acceptors (Lipinski definition) is 6. The van der Waals surface area contributed by atoms with E-state index in [1.165, 1.54) is 19.1 Å². The molecular weight excluding hydrogens is 271 g/mol. The minimum absolute atomic E-state index is 0.0448. The Morgan fingerprint density at radius 2 is 2.00 bits per heavy atom. The second-order valence-corrected chi connectivity index (χ2v) is 4.97. The molecule has 0 aliphatic carbocycles. The zero-order valence-corrected chi connectivity index (χ0v) is 11.2. The van der Waals surface area contributed by atoms with Crippen molar-refractivity contribution < 1.29 is 28.8 Å². The highest BCUT2D eigenvalue weighted by molar-refractivity contribution is 7.48. The van der Waals surface area contributed by atoms with Crippen LogP contribution in [0.1, 0.15) is 6.92 Å². The van der Waals surface area contributed by atoms with Crippen molar-refractivity contribution in [1.82, 2.24) is 0 Å². The van der Waals surface area contributed by atoms with Crippen LogP contribution in [0.2, 0.25) is 0 Å². The van der Waals surface area contributed by atoms with Gasteiger partial charge in [0.2, 0.25) is 5.30 Å². The second kappa shape index (κ2) is 6.87. The molecule has 1 unspecified atom stereocenters. The minimum atomic E-state index is -2.19. The quantitative estimate of drug-likeness (QED) is 0.271. The second-order valence-electron chi connectivity index (χ2n) is 3.68. The third-order valence-electron chi connectivity index (χ3n) is 2.04. The van der Waals surface area contributed by atoms with E-state index in [0.29, 0.717) is 0 Å². The van der Waals surface area contributed by atoms with Crippen LogP contribution in [-0.2, 0) is 18.6 Å². The fraction of sp³-hybridized carbons (Fsp3) is 0.250. The number of carbonyl (C=O) groups excluding carboxylic acids is 1. The molecule has 0 aromatic heterocycles. The van der Waals surface area contributed by atoms with Gasteiger partial charge in [-0.15, -0.1) is 4.52 Å². The molecule has 102 valence electrons. The summed E-state index contributed by atoms with van der Waals surface area (Å²) in [6.45, 7) is 4.84. The van der Waals surface area contributed by atoms with Gasteiger partial charge in [0.1, 0.15) is 13.2 Å². The maximum absolute atomic E-state index is 11.7. The highest BCUT2D eigenvalue weighted by Crippen LogP contribution is 2.28. The van der Waals surface area contributed by atoms with Crippen LogP contribution < -0.4 is 5.30 Å². The largest absolute Gasteiger partial charge is 0.548 e. The Hall–Kier alpha value is -1.91. The standard InChI is InChI=1S/C12H13O6P/c1-8(2)12(15)17-5-6-18-19(16)9-3-4-10(13)11(14)7-9/h3-4,7H,1,5-6H2,2H3,(H-,13,14,16)/p+1. The van der Waals surface area contributed by atoms with Gasteiger partial charge in [0.05, 0.1) is 0 Å². The van der Waals surface area contributed by atoms with Gasteiger partial charge in [0.15, 0.2) is 11.5 Å². The summed E-state index contributed by atoms with van der Waals surface area (Å²) in [5.41, 5.74) is 0.271. The molecular formula is C12H14O6P+. The molecule has 0 saturated heterocycles. The van der Waals surface area contributed by atoms with Crippen LogP contribution in [0.3, 0.4) is 0 Å². The van der Waals surface area contributed by atoms with Gasteiger partial charge in [-0.1, -0.05) is 6.58 Å². The van der Waals surface area contributed by atoms with Gasteiger partial charge < -0.3 is 14.9 Å². The lowest BCUT2D eigenvalue weighted by molar-refractivity contribution is -0.139. The maximum atomic E-state index is 11.7. The molecule has 1 aromatic carbocycles. The van der Waals surface area contributed by atoms with Crippen molar-refractivity contribution in [2.45, 2.75) is 6.92 Å². The summed E-state index contributed by atoms with van der Waals surface area (Å²) in [4.78, 5) is 11.0. The topological polar surface area (TPSA) is 93.1 Å². The molecule has 7 heteroatoms. The van der Waals surface area contributed by atoms with Crippen molar-refractivity contribution in [2.75, 3.05) is 13.2 Å². The van der Waals surface area contributed by atoms with E-state index in [0.717, 1.165) is 6.07 Å². The molecule has 0 aliphatic heterocycles. The zero-order valence-electron chi connectivity index (χ0n) is 10.3. The molecule has 0 heterocycles. The van der Waals surface area contributed by atoms with Crippen LogP contribution in [0.25, 0.3) is 0 Å². The van der Waals surface area contributed by atoms with E-state index in [2.05, 4.69) is 6.58 Å². The van der Waals surface area contributed by atoms with Crippen molar-refractivity contribution in [2.24, 2.45) is 0 Å². The molecule has 1 aromatic rings. The molecule has 2 N–H and O–H groups in total. The van der Waals surface area contributed by atoms with Crippen molar-refractivity contribution in [3.63, 3.8) is 0 Å². The van der Waals surface area contributed by atoms with Crippen LogP contribution in [0.5, 0.6) is 11.5 Å². The number of aromatic hydroxyl groups is 2. The highest BCUT2D eigenvalue weighted by Gasteiger charge is 2.23. The SMILES string of the molecule is C=C(C)C(=O)OCCO[P+](=O)c1ccc(O)c(O)c1. The average Bonchev–Trinajstić information content (AvgIpc) is 2.37. The van der Waals surface area contributed by atoms with Gasteiger partial charge in [-0.2, -0.15) is 0 Å². The summed E-state index contributed by atoms with van der Waals surface area (Å²) in [7, 11) is -2.19. The van der Waals surface area contributed by atoms with Crippen molar-refractivity contribution in [3.05, 3.63) is 30.4 Å². The van der Waals surface area contributed by atoms with E-state index < -0.39 is 14.0 Å². The summed E-state index contributed by atoms with van der Waals surface area (Å²) in [5, 5.41) is 18.6. The third-order valence-corrected chi connectivity index (χ3v) is 3.16. The summed E-state index contributed by atoms with van der Waals surface area (Å²) in [5.74, 6) is -1.22. The Balaban J connectivity index is 2.41. The highest BCUT2D eigenvalue weighted by atomic mass is 31.1. The monoisotopic (exact) mass is 285 g/mol. The third kappa shape index (κ3) is 4.69. The molecule has 0 saturated carbocycles. The lowest BCUT2D eigenvalue weighted by Crippen LogP contribution is -2.10. The Morgan fingerprint density at radius 3 is 2.58 bits per heavy atom. The summed E-state index contributed by atoms with van der Waals surface area (Å²) >= 11 is 0. The summed E-state index contributed by atoms with van der Waals surface area (Å²) in [6, 6.07) is 3.73. The van der Waals surface area contributed by atoms with Gasteiger partial charge in [0, 0.05) is 11.6 Å². The molecule has 1 rings (SSSR count). The number of ether oxygens (including phenoxy) is 1. The Labute approximate surface area is 111 Å². The van der Waals surface area contributed by atoms with E-state index in [9.17, 15) is 14.5 Å². The zero-order chi connectivity index (χ0) is 14.4.